The molecule has 80 valence electrons. The highest BCUT2D eigenvalue weighted by Crippen LogP contribution is 2.14. The van der Waals surface area contributed by atoms with Crippen molar-refractivity contribution in [3.8, 4) is 0 Å². The number of aromatic nitrogens is 2. The van der Waals surface area contributed by atoms with Crippen LogP contribution < -0.4 is 5.32 Å². The summed E-state index contributed by atoms with van der Waals surface area (Å²) in [5.74, 6) is 0. The number of halogens is 3. The van der Waals surface area contributed by atoms with Crippen molar-refractivity contribution in [1.82, 2.24) is 14.9 Å². The summed E-state index contributed by atoms with van der Waals surface area (Å²) in [5, 5.41) is 6.10. The van der Waals surface area contributed by atoms with Gasteiger partial charge in [0.1, 0.15) is 0 Å². The third-order valence-corrected chi connectivity index (χ3v) is 2.34. The summed E-state index contributed by atoms with van der Waals surface area (Å²) >= 11 is 1.13. The topological polar surface area (TPSA) is 37.8 Å². The molecule has 0 aliphatic carbocycles. The molecule has 0 bridgehead atoms. The second-order valence-electron chi connectivity index (χ2n) is 2.72. The van der Waals surface area contributed by atoms with Gasteiger partial charge in [-0.25, -0.2) is 0 Å². The van der Waals surface area contributed by atoms with Crippen molar-refractivity contribution in [3.63, 3.8) is 0 Å². The van der Waals surface area contributed by atoms with Crippen LogP contribution >= 0.6 is 11.5 Å². The summed E-state index contributed by atoms with van der Waals surface area (Å²) < 4.78 is 39.0. The van der Waals surface area contributed by atoms with Crippen molar-refractivity contribution in [2.24, 2.45) is 0 Å². The van der Waals surface area contributed by atoms with E-state index in [-0.39, 0.29) is 6.54 Å². The fraction of sp³-hybridized carbons (Fsp3) is 0.714. The summed E-state index contributed by atoms with van der Waals surface area (Å²) in [7, 11) is 0. The van der Waals surface area contributed by atoms with Gasteiger partial charge in [-0.1, -0.05) is 11.4 Å². The molecule has 1 aromatic rings. The minimum absolute atomic E-state index is 0.181. The smallest absolute Gasteiger partial charge is 0.304 e. The summed E-state index contributed by atoms with van der Waals surface area (Å²) in [4.78, 5) is 0.775. The first-order valence-corrected chi connectivity index (χ1v) is 4.88. The Morgan fingerprint density at radius 3 is 2.71 bits per heavy atom. The molecule has 0 atom stereocenters. The summed E-state index contributed by atoms with van der Waals surface area (Å²) in [6, 6.07) is 0. The predicted molar refractivity (Wildman–Crippen MR) is 47.0 cm³/mol. The quantitative estimate of drug-likeness (QED) is 0.848. The van der Waals surface area contributed by atoms with Gasteiger partial charge < -0.3 is 5.32 Å². The molecule has 0 unspecified atom stereocenters. The lowest BCUT2D eigenvalue weighted by Crippen LogP contribution is -2.28. The maximum Gasteiger partial charge on any atom is 0.401 e. The molecule has 1 heterocycles. The molecule has 0 fully saturated rings. The standard InChI is InChI=1S/C7H10F3N3S/c1-2-5-6(14-13-12-5)3-11-4-7(8,9)10/h11H,2-4H2,1H3. The summed E-state index contributed by atoms with van der Waals surface area (Å²) in [5.41, 5.74) is 0.768. The van der Waals surface area contributed by atoms with Crippen molar-refractivity contribution >= 4 is 11.5 Å². The molecule has 0 saturated carbocycles. The van der Waals surface area contributed by atoms with Gasteiger partial charge in [0.2, 0.25) is 0 Å². The fourth-order valence-corrected chi connectivity index (χ4v) is 1.64. The zero-order valence-electron chi connectivity index (χ0n) is 7.56. The van der Waals surface area contributed by atoms with Crippen molar-refractivity contribution in [3.05, 3.63) is 10.6 Å². The molecule has 3 nitrogen and oxygen atoms in total. The molecule has 14 heavy (non-hydrogen) atoms. The van der Waals surface area contributed by atoms with Gasteiger partial charge >= 0.3 is 6.18 Å². The van der Waals surface area contributed by atoms with E-state index in [1.165, 1.54) is 0 Å². The van der Waals surface area contributed by atoms with E-state index in [4.69, 9.17) is 0 Å². The summed E-state index contributed by atoms with van der Waals surface area (Å²) in [6.07, 6.45) is -3.47. The van der Waals surface area contributed by atoms with Crippen LogP contribution in [-0.2, 0) is 13.0 Å². The predicted octanol–water partition coefficient (Wildman–Crippen LogP) is 1.75. The van der Waals surface area contributed by atoms with Crippen LogP contribution in [0.25, 0.3) is 0 Å². The molecular formula is C7H10F3N3S. The highest BCUT2D eigenvalue weighted by atomic mass is 32.1. The van der Waals surface area contributed by atoms with Crippen molar-refractivity contribution < 1.29 is 13.2 Å². The van der Waals surface area contributed by atoms with E-state index in [2.05, 4.69) is 14.9 Å². The zero-order valence-corrected chi connectivity index (χ0v) is 8.37. The highest BCUT2D eigenvalue weighted by Gasteiger charge is 2.26. The van der Waals surface area contributed by atoms with Gasteiger partial charge in [-0.3, -0.25) is 0 Å². The average molecular weight is 225 g/mol. The second kappa shape index (κ2) is 4.70. The number of nitrogens with one attached hydrogen (secondary N) is 1. The number of rotatable bonds is 4. The second-order valence-corrected chi connectivity index (χ2v) is 3.55. The third-order valence-electron chi connectivity index (χ3n) is 1.58. The number of nitrogens with zero attached hydrogens (tertiary/aromatic N) is 2. The third kappa shape index (κ3) is 3.59. The lowest BCUT2D eigenvalue weighted by Gasteiger charge is -2.06. The molecule has 1 aromatic heterocycles. The highest BCUT2D eigenvalue weighted by molar-refractivity contribution is 7.05. The Morgan fingerprint density at radius 1 is 1.43 bits per heavy atom. The van der Waals surface area contributed by atoms with Crippen LogP contribution in [0.15, 0.2) is 0 Å². The Hall–Kier alpha value is -0.690. The van der Waals surface area contributed by atoms with Gasteiger partial charge in [0.25, 0.3) is 0 Å². The Kier molecular flexibility index (Phi) is 3.82. The van der Waals surface area contributed by atoms with Gasteiger partial charge in [0, 0.05) is 6.54 Å². The van der Waals surface area contributed by atoms with E-state index in [0.717, 1.165) is 22.1 Å². The van der Waals surface area contributed by atoms with Crippen LogP contribution in [-0.4, -0.2) is 22.3 Å². The number of aryl methyl sites for hydroxylation is 1. The normalized spacial score (nSPS) is 12.0. The first-order valence-electron chi connectivity index (χ1n) is 4.10. The average Bonchev–Trinajstić information content (AvgIpc) is 2.49. The van der Waals surface area contributed by atoms with E-state index < -0.39 is 12.7 Å². The monoisotopic (exact) mass is 225 g/mol. The minimum Gasteiger partial charge on any atom is -0.304 e. The molecule has 1 rings (SSSR count). The van der Waals surface area contributed by atoms with Crippen LogP contribution in [0.1, 0.15) is 17.5 Å². The molecule has 0 saturated heterocycles. The van der Waals surface area contributed by atoms with Crippen LogP contribution in [0, 0.1) is 0 Å². The van der Waals surface area contributed by atoms with Crippen LogP contribution in [0.4, 0.5) is 13.2 Å². The molecule has 0 spiro atoms. The number of hydrogen-bond donors (Lipinski definition) is 1. The van der Waals surface area contributed by atoms with E-state index in [9.17, 15) is 13.2 Å². The molecule has 0 aliphatic rings. The lowest BCUT2D eigenvalue weighted by atomic mass is 10.3. The van der Waals surface area contributed by atoms with E-state index in [0.29, 0.717) is 6.42 Å². The molecule has 0 aliphatic heterocycles. The zero-order chi connectivity index (χ0) is 10.6. The molecule has 0 radical (unpaired) electrons. The Bertz CT molecular complexity index is 284. The molecule has 1 N–H and O–H groups in total. The SMILES string of the molecule is CCc1nnsc1CNCC(F)(F)F. The Labute approximate surface area is 83.5 Å². The fourth-order valence-electron chi connectivity index (χ4n) is 0.947. The van der Waals surface area contributed by atoms with Gasteiger partial charge in [0.05, 0.1) is 17.1 Å². The van der Waals surface area contributed by atoms with Crippen LogP contribution in [0.5, 0.6) is 0 Å². The summed E-state index contributed by atoms with van der Waals surface area (Å²) in [6.45, 7) is 1.10. The van der Waals surface area contributed by atoms with E-state index >= 15 is 0 Å². The Morgan fingerprint density at radius 2 is 2.14 bits per heavy atom. The number of hydrogen-bond acceptors (Lipinski definition) is 4. The maximum absolute atomic E-state index is 11.8. The number of alkyl halides is 3. The van der Waals surface area contributed by atoms with Crippen molar-refractivity contribution in [2.75, 3.05) is 6.54 Å². The van der Waals surface area contributed by atoms with Gasteiger partial charge in [0.15, 0.2) is 0 Å². The lowest BCUT2D eigenvalue weighted by molar-refractivity contribution is -0.125. The molecule has 0 aromatic carbocycles. The first kappa shape index (κ1) is 11.4. The molecule has 0 amide bonds. The first-order chi connectivity index (χ1) is 6.53. The Balaban J connectivity index is 2.38. The van der Waals surface area contributed by atoms with Crippen molar-refractivity contribution in [1.29, 1.82) is 0 Å². The van der Waals surface area contributed by atoms with Crippen molar-refractivity contribution in [2.45, 2.75) is 26.1 Å². The van der Waals surface area contributed by atoms with Gasteiger partial charge in [-0.05, 0) is 18.0 Å². The van der Waals surface area contributed by atoms with Gasteiger partial charge in [-0.2, -0.15) is 13.2 Å². The van der Waals surface area contributed by atoms with Gasteiger partial charge in [-0.15, -0.1) is 5.10 Å². The molecular weight excluding hydrogens is 215 g/mol. The van der Waals surface area contributed by atoms with E-state index in [1.54, 1.807) is 0 Å². The van der Waals surface area contributed by atoms with E-state index in [1.807, 2.05) is 6.92 Å². The minimum atomic E-state index is -4.16. The maximum atomic E-state index is 11.8. The molecule has 7 heteroatoms. The van der Waals surface area contributed by atoms with Crippen LogP contribution in [0.3, 0.4) is 0 Å². The van der Waals surface area contributed by atoms with Crippen LogP contribution in [0.2, 0.25) is 0 Å². The largest absolute Gasteiger partial charge is 0.401 e.